The number of fused-ring (bicyclic) bond motifs is 6. The molecule has 0 N–H and O–H groups in total. The number of rotatable bonds is 3. The second-order valence-corrected chi connectivity index (χ2v) is 16.4. The molecule has 3 unspecified atom stereocenters. The van der Waals surface area contributed by atoms with E-state index >= 15 is 0 Å². The smallest absolute Gasteiger partial charge is 0.399 e. The lowest BCUT2D eigenvalue weighted by Gasteiger charge is -2.36. The van der Waals surface area contributed by atoms with E-state index in [0.29, 0.717) is 17.8 Å². The number of benzene rings is 3. The minimum atomic E-state index is -0.399. The molecule has 5 aliphatic rings. The third-order valence-corrected chi connectivity index (χ3v) is 12.6. The maximum absolute atomic E-state index is 6.65. The molecule has 0 saturated carbocycles. The van der Waals surface area contributed by atoms with Crippen molar-refractivity contribution in [1.29, 1.82) is 0 Å². The summed E-state index contributed by atoms with van der Waals surface area (Å²) in [6.07, 6.45) is 14.2. The highest BCUT2D eigenvalue weighted by atomic mass is 16.7. The molecule has 0 spiro atoms. The van der Waals surface area contributed by atoms with Crippen LogP contribution in [0.1, 0.15) is 113 Å². The van der Waals surface area contributed by atoms with Gasteiger partial charge in [-0.15, -0.1) is 0 Å². The summed E-state index contributed by atoms with van der Waals surface area (Å²) in [5.74, 6) is 1.39. The fourth-order valence-corrected chi connectivity index (χ4v) is 9.08. The minimum absolute atomic E-state index is 0.00346. The van der Waals surface area contributed by atoms with Gasteiger partial charge in [0.25, 0.3) is 0 Å². The van der Waals surface area contributed by atoms with E-state index < -0.39 is 18.3 Å². The van der Waals surface area contributed by atoms with Crippen molar-refractivity contribution in [2.24, 2.45) is 5.92 Å². The average Bonchev–Trinajstić information content (AvgIpc) is 3.37. The first-order valence-electron chi connectivity index (χ1n) is 17.3. The first-order valence-corrected chi connectivity index (χ1v) is 17.3. The summed E-state index contributed by atoms with van der Waals surface area (Å²) in [5, 5.41) is 0. The van der Waals surface area contributed by atoms with Crippen molar-refractivity contribution in [1.82, 2.24) is 0 Å². The number of allylic oxidation sites excluding steroid dienone is 8. The standard InChI is InChI=1S/C43H47BO2/c1-40(2)36-15-11-9-13-32(36)34-20-17-27(19-22-38(34)40)29-23-30(25-31(24-29)44-45-42(5,6)43(7,8)46-44)28-18-21-35-33-14-10-12-16-37(33)41(3,4)39(35)26-28/h9-18,20-25,28,35,39H,19,26H2,1-8H3. The molecule has 3 atom stereocenters. The fourth-order valence-electron chi connectivity index (χ4n) is 9.08. The Morgan fingerprint density at radius 1 is 0.739 bits per heavy atom. The minimum Gasteiger partial charge on any atom is -0.399 e. The van der Waals surface area contributed by atoms with Crippen LogP contribution in [0.25, 0.3) is 11.1 Å². The first kappa shape index (κ1) is 30.0. The van der Waals surface area contributed by atoms with Crippen molar-refractivity contribution in [3.8, 4) is 0 Å². The predicted molar refractivity (Wildman–Crippen MR) is 192 cm³/mol. The van der Waals surface area contributed by atoms with Crippen LogP contribution in [0.5, 0.6) is 0 Å². The normalized spacial score (nSPS) is 27.5. The van der Waals surface area contributed by atoms with E-state index in [4.69, 9.17) is 9.31 Å². The molecule has 0 bridgehead atoms. The molecule has 46 heavy (non-hydrogen) atoms. The van der Waals surface area contributed by atoms with E-state index in [2.05, 4.69) is 153 Å². The molecule has 1 fully saturated rings. The van der Waals surface area contributed by atoms with Gasteiger partial charge in [-0.2, -0.15) is 0 Å². The van der Waals surface area contributed by atoms with Crippen molar-refractivity contribution in [3.63, 3.8) is 0 Å². The van der Waals surface area contributed by atoms with E-state index in [9.17, 15) is 0 Å². The van der Waals surface area contributed by atoms with Crippen molar-refractivity contribution >= 4 is 23.7 Å². The quantitative estimate of drug-likeness (QED) is 0.218. The summed E-state index contributed by atoms with van der Waals surface area (Å²) in [5.41, 5.74) is 13.1. The van der Waals surface area contributed by atoms with E-state index in [1.54, 1.807) is 0 Å². The molecule has 3 heteroatoms. The summed E-state index contributed by atoms with van der Waals surface area (Å²) >= 11 is 0. The zero-order chi connectivity index (χ0) is 32.2. The van der Waals surface area contributed by atoms with Crippen LogP contribution in [0, 0.1) is 5.92 Å². The van der Waals surface area contributed by atoms with E-state index in [1.807, 2.05) is 0 Å². The van der Waals surface area contributed by atoms with Gasteiger partial charge in [0, 0.05) is 17.3 Å². The molecule has 1 saturated heterocycles. The molecule has 2 nitrogen and oxygen atoms in total. The lowest BCUT2D eigenvalue weighted by Crippen LogP contribution is -2.41. The summed E-state index contributed by atoms with van der Waals surface area (Å²) in [4.78, 5) is 0. The molecule has 1 heterocycles. The first-order chi connectivity index (χ1) is 21.8. The maximum Gasteiger partial charge on any atom is 0.494 e. The van der Waals surface area contributed by atoms with Gasteiger partial charge in [0.1, 0.15) is 0 Å². The summed E-state index contributed by atoms with van der Waals surface area (Å²) < 4.78 is 13.3. The van der Waals surface area contributed by atoms with Gasteiger partial charge in [0.2, 0.25) is 0 Å². The highest BCUT2D eigenvalue weighted by Crippen LogP contribution is 2.56. The summed E-state index contributed by atoms with van der Waals surface area (Å²) in [6.45, 7) is 18.2. The third-order valence-electron chi connectivity index (χ3n) is 12.6. The number of hydrogen-bond acceptors (Lipinski definition) is 2. The van der Waals surface area contributed by atoms with E-state index in [1.165, 1.54) is 50.1 Å². The molecule has 0 aromatic heterocycles. The van der Waals surface area contributed by atoms with E-state index in [-0.39, 0.29) is 10.8 Å². The molecule has 3 aromatic carbocycles. The van der Waals surface area contributed by atoms with Gasteiger partial charge in [-0.25, -0.2) is 0 Å². The Balaban J connectivity index is 1.21. The highest BCUT2D eigenvalue weighted by molar-refractivity contribution is 6.62. The van der Waals surface area contributed by atoms with Crippen LogP contribution in [-0.2, 0) is 20.1 Å². The predicted octanol–water partition coefficient (Wildman–Crippen LogP) is 9.81. The third kappa shape index (κ3) is 4.38. The van der Waals surface area contributed by atoms with Crippen molar-refractivity contribution in [2.45, 2.75) is 102 Å². The summed E-state index contributed by atoms with van der Waals surface area (Å²) in [6, 6.07) is 25.2. The van der Waals surface area contributed by atoms with Gasteiger partial charge < -0.3 is 9.31 Å². The molecule has 4 aliphatic carbocycles. The highest BCUT2D eigenvalue weighted by Gasteiger charge is 2.52. The molecular formula is C43H47BO2. The van der Waals surface area contributed by atoms with E-state index in [0.717, 1.165) is 18.3 Å². The van der Waals surface area contributed by atoms with Crippen LogP contribution in [0.2, 0.25) is 0 Å². The zero-order valence-electron chi connectivity index (χ0n) is 28.8. The van der Waals surface area contributed by atoms with Crippen LogP contribution >= 0.6 is 0 Å². The van der Waals surface area contributed by atoms with Crippen LogP contribution in [-0.4, -0.2) is 18.3 Å². The van der Waals surface area contributed by atoms with Gasteiger partial charge in [0.15, 0.2) is 0 Å². The average molecular weight is 607 g/mol. The Morgan fingerprint density at radius 2 is 1.43 bits per heavy atom. The van der Waals surface area contributed by atoms with Gasteiger partial charge in [0.05, 0.1) is 11.2 Å². The van der Waals surface area contributed by atoms with Crippen molar-refractivity contribution < 1.29 is 9.31 Å². The Hall–Kier alpha value is -3.40. The Kier molecular flexibility index (Phi) is 6.55. The van der Waals surface area contributed by atoms with Gasteiger partial charge >= 0.3 is 7.12 Å². The molecule has 3 aromatic rings. The van der Waals surface area contributed by atoms with Gasteiger partial charge in [-0.1, -0.05) is 125 Å². The fraction of sp³-hybridized carbons (Fsp3) is 0.395. The largest absolute Gasteiger partial charge is 0.494 e. The topological polar surface area (TPSA) is 18.5 Å². The maximum atomic E-state index is 6.65. The van der Waals surface area contributed by atoms with Gasteiger partial charge in [-0.3, -0.25) is 0 Å². The molecule has 0 amide bonds. The SMILES string of the molecule is CC1(C)C2=CCC(c3cc(B4OC(C)(C)C(C)(C)O4)cc(C4C=CC5c6ccccc6C(C)(C)C5C4)c3)=CC=C2c2ccccc21. The zero-order valence-corrected chi connectivity index (χ0v) is 28.8. The van der Waals surface area contributed by atoms with Crippen LogP contribution in [0.3, 0.4) is 0 Å². The second-order valence-electron chi connectivity index (χ2n) is 16.4. The van der Waals surface area contributed by atoms with Crippen LogP contribution < -0.4 is 5.46 Å². The Morgan fingerprint density at radius 3 is 2.20 bits per heavy atom. The molecular weight excluding hydrogens is 559 g/mol. The molecule has 1 aliphatic heterocycles. The Bertz CT molecular complexity index is 1860. The second kappa shape index (κ2) is 10.1. The lowest BCUT2D eigenvalue weighted by atomic mass is 9.67. The molecule has 234 valence electrons. The Labute approximate surface area is 276 Å². The van der Waals surface area contributed by atoms with Crippen molar-refractivity contribution in [2.75, 3.05) is 0 Å². The van der Waals surface area contributed by atoms with Crippen LogP contribution in [0.15, 0.2) is 103 Å². The van der Waals surface area contributed by atoms with Gasteiger partial charge in [-0.05, 0) is 107 Å². The number of hydrogen-bond donors (Lipinski definition) is 0. The molecule has 8 rings (SSSR count). The van der Waals surface area contributed by atoms with Crippen LogP contribution in [0.4, 0.5) is 0 Å². The summed E-state index contributed by atoms with van der Waals surface area (Å²) in [7, 11) is -0.399. The molecule has 0 radical (unpaired) electrons. The monoisotopic (exact) mass is 606 g/mol. The van der Waals surface area contributed by atoms with Crippen molar-refractivity contribution in [3.05, 3.63) is 136 Å². The lowest BCUT2D eigenvalue weighted by molar-refractivity contribution is 0.00578.